The number of ether oxygens (including phenoxy) is 1. The number of benzene rings is 2. The molecule has 0 aliphatic carbocycles. The van der Waals surface area contributed by atoms with Gasteiger partial charge in [0.15, 0.2) is 0 Å². The summed E-state index contributed by atoms with van der Waals surface area (Å²) in [6.45, 7) is 0.321. The minimum atomic E-state index is -0.374. The van der Waals surface area contributed by atoms with Crippen molar-refractivity contribution in [3.8, 4) is 11.5 Å². The molecule has 19 heavy (non-hydrogen) atoms. The lowest BCUT2D eigenvalue weighted by Crippen LogP contribution is -2.06. The number of hydrogen-bond donors (Lipinski definition) is 1. The van der Waals surface area contributed by atoms with Crippen LogP contribution in [0, 0.1) is 11.6 Å². The van der Waals surface area contributed by atoms with Crippen molar-refractivity contribution in [2.75, 3.05) is 6.54 Å². The first-order chi connectivity index (χ1) is 9.11. The lowest BCUT2D eigenvalue weighted by Gasteiger charge is -2.12. The molecule has 0 aromatic heterocycles. The molecule has 0 saturated heterocycles. The Labute approximate surface area is 118 Å². The summed E-state index contributed by atoms with van der Waals surface area (Å²) in [5, 5.41) is 0. The molecule has 0 amide bonds. The van der Waals surface area contributed by atoms with Crippen molar-refractivity contribution in [1.29, 1.82) is 0 Å². The summed E-state index contributed by atoms with van der Waals surface area (Å²) in [5.74, 6) is 0.0739. The Morgan fingerprint density at radius 3 is 2.58 bits per heavy atom. The van der Waals surface area contributed by atoms with Crippen LogP contribution >= 0.6 is 15.9 Å². The molecule has 0 unspecified atom stereocenters. The Morgan fingerprint density at radius 1 is 1.11 bits per heavy atom. The van der Waals surface area contributed by atoms with Gasteiger partial charge in [0.25, 0.3) is 0 Å². The molecular formula is C14H12BrF2NO. The minimum absolute atomic E-state index is 0.321. The van der Waals surface area contributed by atoms with E-state index in [1.54, 1.807) is 12.1 Å². The zero-order valence-corrected chi connectivity index (χ0v) is 11.6. The van der Waals surface area contributed by atoms with Crippen LogP contribution in [0.1, 0.15) is 5.56 Å². The highest BCUT2D eigenvalue weighted by molar-refractivity contribution is 9.10. The first-order valence-corrected chi connectivity index (χ1v) is 6.51. The van der Waals surface area contributed by atoms with Gasteiger partial charge in [-0.25, -0.2) is 8.78 Å². The molecule has 2 aromatic rings. The van der Waals surface area contributed by atoms with E-state index in [4.69, 9.17) is 10.5 Å². The van der Waals surface area contributed by atoms with Gasteiger partial charge in [0.2, 0.25) is 0 Å². The number of hydrogen-bond acceptors (Lipinski definition) is 2. The van der Waals surface area contributed by atoms with Crippen molar-refractivity contribution in [2.24, 2.45) is 5.73 Å². The Balaban J connectivity index is 2.35. The largest absolute Gasteiger partial charge is 0.456 e. The fourth-order valence-corrected chi connectivity index (χ4v) is 2.13. The zero-order valence-electron chi connectivity index (χ0n) is 10.00. The van der Waals surface area contributed by atoms with Gasteiger partial charge in [-0.15, -0.1) is 0 Å². The lowest BCUT2D eigenvalue weighted by atomic mass is 10.1. The smallest absolute Gasteiger partial charge is 0.141 e. The quantitative estimate of drug-likeness (QED) is 0.920. The van der Waals surface area contributed by atoms with E-state index < -0.39 is 0 Å². The van der Waals surface area contributed by atoms with Crippen LogP contribution in [-0.2, 0) is 6.42 Å². The molecule has 2 aromatic carbocycles. The minimum Gasteiger partial charge on any atom is -0.456 e. The molecule has 0 aliphatic rings. The third kappa shape index (κ3) is 3.30. The van der Waals surface area contributed by atoms with Gasteiger partial charge in [-0.05, 0) is 59.2 Å². The Morgan fingerprint density at radius 2 is 1.89 bits per heavy atom. The van der Waals surface area contributed by atoms with Crippen LogP contribution in [0.15, 0.2) is 40.9 Å². The summed E-state index contributed by atoms with van der Waals surface area (Å²) in [7, 11) is 0. The number of halogens is 3. The first kappa shape index (κ1) is 14.0. The van der Waals surface area contributed by atoms with Crippen LogP contribution in [0.25, 0.3) is 0 Å². The summed E-state index contributed by atoms with van der Waals surface area (Å²) in [6, 6.07) is 8.62. The molecule has 2 rings (SSSR count). The average molecular weight is 328 g/mol. The van der Waals surface area contributed by atoms with E-state index >= 15 is 0 Å². The molecule has 0 aliphatic heterocycles. The third-order valence-electron chi connectivity index (χ3n) is 2.58. The van der Waals surface area contributed by atoms with Crippen LogP contribution in [0.2, 0.25) is 0 Å². The van der Waals surface area contributed by atoms with Gasteiger partial charge in [-0.1, -0.05) is 6.07 Å². The monoisotopic (exact) mass is 327 g/mol. The fraction of sp³-hybridized carbons (Fsp3) is 0.143. The van der Waals surface area contributed by atoms with Gasteiger partial charge in [0.05, 0.1) is 4.47 Å². The molecular weight excluding hydrogens is 316 g/mol. The van der Waals surface area contributed by atoms with Crippen molar-refractivity contribution in [2.45, 2.75) is 6.42 Å². The van der Waals surface area contributed by atoms with E-state index in [-0.39, 0.29) is 11.6 Å². The number of rotatable bonds is 4. The predicted octanol–water partition coefficient (Wildman–Crippen LogP) is 4.02. The summed E-state index contributed by atoms with van der Waals surface area (Å²) >= 11 is 3.20. The molecule has 0 spiro atoms. The van der Waals surface area contributed by atoms with Gasteiger partial charge in [-0.2, -0.15) is 0 Å². The fourth-order valence-electron chi connectivity index (χ4n) is 1.70. The molecule has 0 heterocycles. The van der Waals surface area contributed by atoms with Gasteiger partial charge < -0.3 is 10.5 Å². The van der Waals surface area contributed by atoms with Crippen molar-refractivity contribution in [3.05, 3.63) is 58.1 Å². The van der Waals surface area contributed by atoms with Crippen molar-refractivity contribution >= 4 is 15.9 Å². The molecule has 100 valence electrons. The predicted molar refractivity (Wildman–Crippen MR) is 73.3 cm³/mol. The van der Waals surface area contributed by atoms with Crippen LogP contribution in [-0.4, -0.2) is 6.54 Å². The summed E-state index contributed by atoms with van der Waals surface area (Å²) in [6.07, 6.45) is 0.376. The molecule has 0 radical (unpaired) electrons. The zero-order chi connectivity index (χ0) is 13.8. The third-order valence-corrected chi connectivity index (χ3v) is 3.20. The van der Waals surface area contributed by atoms with Gasteiger partial charge >= 0.3 is 0 Å². The van der Waals surface area contributed by atoms with Crippen LogP contribution in [0.4, 0.5) is 8.78 Å². The molecule has 5 heteroatoms. The van der Waals surface area contributed by atoms with Crippen LogP contribution in [0.5, 0.6) is 11.5 Å². The lowest BCUT2D eigenvalue weighted by molar-refractivity contribution is 0.462. The van der Waals surface area contributed by atoms with Gasteiger partial charge in [0, 0.05) is 5.56 Å². The summed E-state index contributed by atoms with van der Waals surface area (Å²) in [5.41, 5.74) is 5.88. The highest BCUT2D eigenvalue weighted by Gasteiger charge is 2.11. The molecule has 0 bridgehead atoms. The molecule has 2 N–H and O–H groups in total. The van der Waals surface area contributed by atoms with Gasteiger partial charge in [0.1, 0.15) is 23.1 Å². The van der Waals surface area contributed by atoms with Crippen LogP contribution in [0.3, 0.4) is 0 Å². The SMILES string of the molecule is NCCc1c(F)cccc1Oc1ccc(F)cc1Br. The second-order valence-corrected chi connectivity index (χ2v) is 4.79. The molecule has 2 nitrogen and oxygen atoms in total. The summed E-state index contributed by atoms with van der Waals surface area (Å²) in [4.78, 5) is 0. The normalized spacial score (nSPS) is 10.5. The van der Waals surface area contributed by atoms with E-state index in [0.717, 1.165) is 0 Å². The Bertz CT molecular complexity index is 590. The maximum atomic E-state index is 13.7. The van der Waals surface area contributed by atoms with Crippen LogP contribution < -0.4 is 10.5 Å². The second kappa shape index (κ2) is 6.12. The van der Waals surface area contributed by atoms with E-state index in [1.807, 2.05) is 0 Å². The maximum absolute atomic E-state index is 13.7. The number of nitrogens with two attached hydrogens (primary N) is 1. The highest BCUT2D eigenvalue weighted by Crippen LogP contribution is 2.32. The second-order valence-electron chi connectivity index (χ2n) is 3.93. The van der Waals surface area contributed by atoms with E-state index in [2.05, 4.69) is 15.9 Å². The first-order valence-electron chi connectivity index (χ1n) is 5.72. The van der Waals surface area contributed by atoms with Gasteiger partial charge in [-0.3, -0.25) is 0 Å². The van der Waals surface area contributed by atoms with Crippen molar-refractivity contribution in [1.82, 2.24) is 0 Å². The van der Waals surface area contributed by atoms with E-state index in [1.165, 1.54) is 24.3 Å². The topological polar surface area (TPSA) is 35.2 Å². The van der Waals surface area contributed by atoms with E-state index in [0.29, 0.717) is 34.5 Å². The summed E-state index contributed by atoms with van der Waals surface area (Å²) < 4.78 is 32.8. The molecule has 0 saturated carbocycles. The van der Waals surface area contributed by atoms with Crippen molar-refractivity contribution < 1.29 is 13.5 Å². The average Bonchev–Trinajstić information content (AvgIpc) is 2.37. The Hall–Kier alpha value is -1.46. The van der Waals surface area contributed by atoms with Crippen molar-refractivity contribution in [3.63, 3.8) is 0 Å². The molecule has 0 atom stereocenters. The molecule has 0 fully saturated rings. The Kier molecular flexibility index (Phi) is 4.50. The van der Waals surface area contributed by atoms with E-state index in [9.17, 15) is 8.78 Å². The maximum Gasteiger partial charge on any atom is 0.141 e. The standard InChI is InChI=1S/C14H12BrF2NO/c15-11-8-9(16)4-5-14(11)19-13-3-1-2-12(17)10(13)6-7-18/h1-5,8H,6-7,18H2. The highest BCUT2D eigenvalue weighted by atomic mass is 79.9.